The molecule has 2 aromatic carbocycles. The van der Waals surface area contributed by atoms with E-state index >= 15 is 0 Å². The highest BCUT2D eigenvalue weighted by molar-refractivity contribution is 6.08. The molecule has 2 heterocycles. The third-order valence-electron chi connectivity index (χ3n) is 4.51. The molecule has 124 valence electrons. The smallest absolute Gasteiger partial charge is 0.255 e. The van der Waals surface area contributed by atoms with Gasteiger partial charge in [-0.25, -0.2) is 0 Å². The van der Waals surface area contributed by atoms with Crippen LogP contribution in [0.3, 0.4) is 0 Å². The maximum Gasteiger partial charge on any atom is 0.255 e. The van der Waals surface area contributed by atoms with Crippen LogP contribution in [0.2, 0.25) is 0 Å². The van der Waals surface area contributed by atoms with Crippen molar-refractivity contribution in [3.63, 3.8) is 0 Å². The van der Waals surface area contributed by atoms with Crippen molar-refractivity contribution in [3.05, 3.63) is 78.0 Å². The summed E-state index contributed by atoms with van der Waals surface area (Å²) in [5.74, 6) is -0.265. The van der Waals surface area contributed by atoms with Crippen molar-refractivity contribution >= 4 is 28.4 Å². The van der Waals surface area contributed by atoms with Gasteiger partial charge in [-0.15, -0.1) is 0 Å². The number of H-pyrrole nitrogens is 1. The van der Waals surface area contributed by atoms with Crippen LogP contribution in [-0.4, -0.2) is 21.7 Å². The number of benzene rings is 2. The number of fused-ring (bicyclic) bond motifs is 2. The van der Waals surface area contributed by atoms with E-state index in [0.29, 0.717) is 18.7 Å². The zero-order valence-electron chi connectivity index (χ0n) is 13.6. The number of para-hydroxylation sites is 1. The fourth-order valence-electron chi connectivity index (χ4n) is 3.20. The Hall–Kier alpha value is -3.34. The minimum absolute atomic E-state index is 0.0966. The monoisotopic (exact) mass is 331 g/mol. The summed E-state index contributed by atoms with van der Waals surface area (Å²) in [7, 11) is 0. The molecule has 4 rings (SSSR count). The molecular formula is C20H17N3O2. The molecule has 0 spiro atoms. The molecule has 1 aliphatic rings. The minimum Gasteiger partial charge on any atom is -0.359 e. The summed E-state index contributed by atoms with van der Waals surface area (Å²) in [6.07, 6.45) is 3.16. The lowest BCUT2D eigenvalue weighted by Crippen LogP contribution is -2.22. The molecule has 1 aromatic heterocycles. The Labute approximate surface area is 145 Å². The first-order valence-corrected chi connectivity index (χ1v) is 8.06. The zero-order chi connectivity index (χ0) is 17.4. The molecule has 0 fully saturated rings. The Kier molecular flexibility index (Phi) is 3.61. The molecule has 0 saturated carbocycles. The SMILES string of the molecule is C=CC(=O)N1Cc2ccc(C(=O)Nc3cccc4cc[nH]c34)cc2C1. The van der Waals surface area contributed by atoms with Crippen LogP contribution in [0.4, 0.5) is 5.69 Å². The van der Waals surface area contributed by atoms with E-state index in [1.165, 1.54) is 6.08 Å². The van der Waals surface area contributed by atoms with Gasteiger partial charge in [-0.05, 0) is 41.5 Å². The van der Waals surface area contributed by atoms with E-state index in [1.807, 2.05) is 42.6 Å². The number of hydrogen-bond donors (Lipinski definition) is 2. The van der Waals surface area contributed by atoms with Crippen LogP contribution in [0.5, 0.6) is 0 Å². The molecular weight excluding hydrogens is 314 g/mol. The van der Waals surface area contributed by atoms with E-state index in [4.69, 9.17) is 0 Å². The van der Waals surface area contributed by atoms with E-state index in [9.17, 15) is 9.59 Å². The molecule has 0 radical (unpaired) electrons. The number of aromatic amines is 1. The van der Waals surface area contributed by atoms with Crippen LogP contribution in [0.1, 0.15) is 21.5 Å². The van der Waals surface area contributed by atoms with E-state index in [2.05, 4.69) is 16.9 Å². The number of nitrogens with zero attached hydrogens (tertiary/aromatic N) is 1. The normalized spacial score (nSPS) is 12.9. The van der Waals surface area contributed by atoms with Gasteiger partial charge in [-0.2, -0.15) is 0 Å². The topological polar surface area (TPSA) is 65.2 Å². The van der Waals surface area contributed by atoms with Crippen molar-refractivity contribution in [2.24, 2.45) is 0 Å². The molecule has 25 heavy (non-hydrogen) atoms. The third-order valence-corrected chi connectivity index (χ3v) is 4.51. The van der Waals surface area contributed by atoms with Crippen LogP contribution in [0, 0.1) is 0 Å². The zero-order valence-corrected chi connectivity index (χ0v) is 13.6. The van der Waals surface area contributed by atoms with Crippen molar-refractivity contribution < 1.29 is 9.59 Å². The largest absolute Gasteiger partial charge is 0.359 e. The average Bonchev–Trinajstić information content (AvgIpc) is 3.27. The van der Waals surface area contributed by atoms with Gasteiger partial charge in [0.2, 0.25) is 5.91 Å². The molecule has 0 bridgehead atoms. The van der Waals surface area contributed by atoms with E-state index in [-0.39, 0.29) is 11.8 Å². The molecule has 2 amide bonds. The summed E-state index contributed by atoms with van der Waals surface area (Å²) in [6.45, 7) is 4.59. The predicted octanol–water partition coefficient (Wildman–Crippen LogP) is 3.45. The third kappa shape index (κ3) is 2.70. The molecule has 0 unspecified atom stereocenters. The van der Waals surface area contributed by atoms with Crippen molar-refractivity contribution in [2.75, 3.05) is 5.32 Å². The maximum absolute atomic E-state index is 12.6. The standard InChI is InChI=1S/C20H17N3O2/c1-2-18(24)23-11-15-7-6-14(10-16(15)12-23)20(25)22-17-5-3-4-13-8-9-21-19(13)17/h2-10,21H,1,11-12H2,(H,22,25). The van der Waals surface area contributed by atoms with Gasteiger partial charge < -0.3 is 15.2 Å². The highest BCUT2D eigenvalue weighted by Gasteiger charge is 2.22. The second-order valence-electron chi connectivity index (χ2n) is 6.08. The number of rotatable bonds is 3. The average molecular weight is 331 g/mol. The van der Waals surface area contributed by atoms with E-state index in [1.54, 1.807) is 11.0 Å². The first-order valence-electron chi connectivity index (χ1n) is 8.06. The number of carbonyl (C=O) groups is 2. The molecule has 5 heteroatoms. The van der Waals surface area contributed by atoms with Gasteiger partial charge >= 0.3 is 0 Å². The number of nitrogens with one attached hydrogen (secondary N) is 2. The Balaban J connectivity index is 1.57. The Morgan fingerprint density at radius 1 is 1.12 bits per heavy atom. The molecule has 0 aliphatic carbocycles. The Bertz CT molecular complexity index is 1000. The van der Waals surface area contributed by atoms with E-state index in [0.717, 1.165) is 27.7 Å². The quantitative estimate of drug-likeness (QED) is 0.722. The lowest BCUT2D eigenvalue weighted by molar-refractivity contribution is -0.126. The summed E-state index contributed by atoms with van der Waals surface area (Å²) in [4.78, 5) is 29.2. The highest BCUT2D eigenvalue weighted by Crippen LogP contribution is 2.26. The van der Waals surface area contributed by atoms with Gasteiger partial charge in [-0.3, -0.25) is 9.59 Å². The highest BCUT2D eigenvalue weighted by atomic mass is 16.2. The Morgan fingerprint density at radius 3 is 2.80 bits per heavy atom. The molecule has 2 N–H and O–H groups in total. The van der Waals surface area contributed by atoms with Gasteiger partial charge in [0.05, 0.1) is 11.2 Å². The van der Waals surface area contributed by atoms with E-state index < -0.39 is 0 Å². The summed E-state index contributed by atoms with van der Waals surface area (Å²) in [5, 5.41) is 4.00. The number of aromatic nitrogens is 1. The predicted molar refractivity (Wildman–Crippen MR) is 97.1 cm³/mol. The number of hydrogen-bond acceptors (Lipinski definition) is 2. The van der Waals surface area contributed by atoms with Crippen LogP contribution < -0.4 is 5.32 Å². The molecule has 5 nitrogen and oxygen atoms in total. The van der Waals surface area contributed by atoms with Crippen molar-refractivity contribution in [2.45, 2.75) is 13.1 Å². The fourth-order valence-corrected chi connectivity index (χ4v) is 3.20. The molecule has 0 atom stereocenters. The van der Waals surface area contributed by atoms with Crippen LogP contribution in [-0.2, 0) is 17.9 Å². The summed E-state index contributed by atoms with van der Waals surface area (Å²) < 4.78 is 0. The molecule has 1 aliphatic heterocycles. The van der Waals surface area contributed by atoms with Crippen LogP contribution >= 0.6 is 0 Å². The first-order chi connectivity index (χ1) is 12.2. The van der Waals surface area contributed by atoms with Crippen LogP contribution in [0.25, 0.3) is 10.9 Å². The summed E-state index contributed by atoms with van der Waals surface area (Å²) in [6, 6.07) is 13.3. The lowest BCUT2D eigenvalue weighted by Gasteiger charge is -2.11. The summed E-state index contributed by atoms with van der Waals surface area (Å²) in [5.41, 5.74) is 4.30. The van der Waals surface area contributed by atoms with Crippen molar-refractivity contribution in [3.8, 4) is 0 Å². The maximum atomic E-state index is 12.6. The number of anilines is 1. The van der Waals surface area contributed by atoms with Crippen LogP contribution in [0.15, 0.2) is 61.3 Å². The van der Waals surface area contributed by atoms with Gasteiger partial charge in [0.15, 0.2) is 0 Å². The van der Waals surface area contributed by atoms with Crippen molar-refractivity contribution in [1.29, 1.82) is 0 Å². The fraction of sp³-hybridized carbons (Fsp3) is 0.100. The van der Waals surface area contributed by atoms with Gasteiger partial charge in [0, 0.05) is 30.2 Å². The molecule has 0 saturated heterocycles. The number of carbonyl (C=O) groups excluding carboxylic acids is 2. The van der Waals surface area contributed by atoms with Gasteiger partial charge in [0.1, 0.15) is 0 Å². The van der Waals surface area contributed by atoms with Gasteiger partial charge in [0.25, 0.3) is 5.91 Å². The summed E-state index contributed by atoms with van der Waals surface area (Å²) >= 11 is 0. The second kappa shape index (κ2) is 5.94. The minimum atomic E-state index is -0.168. The van der Waals surface area contributed by atoms with Crippen molar-refractivity contribution in [1.82, 2.24) is 9.88 Å². The first kappa shape index (κ1) is 15.2. The Morgan fingerprint density at radius 2 is 1.96 bits per heavy atom. The lowest BCUT2D eigenvalue weighted by atomic mass is 10.1. The number of amides is 2. The second-order valence-corrected chi connectivity index (χ2v) is 6.08. The van der Waals surface area contributed by atoms with Gasteiger partial charge in [-0.1, -0.05) is 24.8 Å². The molecule has 3 aromatic rings.